The first-order chi connectivity index (χ1) is 9.16. The molecule has 3 heteroatoms. The van der Waals surface area contributed by atoms with Gasteiger partial charge in [0.1, 0.15) is 0 Å². The zero-order chi connectivity index (χ0) is 14.3. The van der Waals surface area contributed by atoms with Crippen LogP contribution in [0.1, 0.15) is 59.3 Å². The van der Waals surface area contributed by atoms with Crippen molar-refractivity contribution in [3.8, 4) is 0 Å². The number of nitrogens with zero attached hydrogens (tertiary/aromatic N) is 1. The largest absolute Gasteiger partial charge is 0.383 e. The highest BCUT2D eigenvalue weighted by atomic mass is 16.5. The van der Waals surface area contributed by atoms with E-state index in [4.69, 9.17) is 10.5 Å². The molecule has 1 saturated carbocycles. The van der Waals surface area contributed by atoms with Gasteiger partial charge < -0.3 is 10.5 Å². The Kier molecular flexibility index (Phi) is 7.33. The summed E-state index contributed by atoms with van der Waals surface area (Å²) in [7, 11) is 1.80. The van der Waals surface area contributed by atoms with Crippen molar-refractivity contribution in [2.24, 2.45) is 11.7 Å². The van der Waals surface area contributed by atoms with Gasteiger partial charge in [0.2, 0.25) is 0 Å². The standard InChI is InChI=1S/C16H34N2O/c1-5-15(6-2)18(11-12-19-4)16(13-17)10-8-7-9-14(16)3/h14-15H,5-13,17H2,1-4H3. The summed E-state index contributed by atoms with van der Waals surface area (Å²) in [5.41, 5.74) is 6.47. The summed E-state index contributed by atoms with van der Waals surface area (Å²) in [4.78, 5) is 2.69. The van der Waals surface area contributed by atoms with Gasteiger partial charge in [0, 0.05) is 31.8 Å². The SMILES string of the molecule is CCC(CC)N(CCOC)C1(CN)CCCCC1C. The van der Waals surface area contributed by atoms with E-state index >= 15 is 0 Å². The van der Waals surface area contributed by atoms with Gasteiger partial charge in [-0.1, -0.05) is 33.6 Å². The fourth-order valence-corrected chi connectivity index (χ4v) is 3.93. The Hall–Kier alpha value is -0.120. The molecule has 2 unspecified atom stereocenters. The summed E-state index contributed by atoms with van der Waals surface area (Å²) in [5, 5.41) is 0. The third kappa shape index (κ3) is 3.71. The van der Waals surface area contributed by atoms with Crippen LogP contribution in [-0.2, 0) is 4.74 Å². The van der Waals surface area contributed by atoms with Crippen LogP contribution >= 0.6 is 0 Å². The summed E-state index contributed by atoms with van der Waals surface area (Å²) >= 11 is 0. The predicted molar refractivity (Wildman–Crippen MR) is 82.4 cm³/mol. The third-order valence-electron chi connectivity index (χ3n) is 5.26. The van der Waals surface area contributed by atoms with Crippen LogP contribution in [0.15, 0.2) is 0 Å². The monoisotopic (exact) mass is 270 g/mol. The van der Waals surface area contributed by atoms with Gasteiger partial charge in [-0.2, -0.15) is 0 Å². The summed E-state index contributed by atoms with van der Waals surface area (Å²) in [5.74, 6) is 0.698. The molecular formula is C16H34N2O. The molecule has 0 radical (unpaired) electrons. The number of ether oxygens (including phenoxy) is 1. The minimum absolute atomic E-state index is 0.202. The van der Waals surface area contributed by atoms with E-state index in [9.17, 15) is 0 Å². The maximum atomic E-state index is 6.27. The lowest BCUT2D eigenvalue weighted by Gasteiger charge is -2.53. The number of rotatable bonds is 8. The summed E-state index contributed by atoms with van der Waals surface area (Å²) in [6, 6.07) is 0.638. The molecule has 1 fully saturated rings. The van der Waals surface area contributed by atoms with Crippen molar-refractivity contribution in [1.82, 2.24) is 4.90 Å². The second-order valence-corrected chi connectivity index (χ2v) is 6.11. The molecule has 0 spiro atoms. The Morgan fingerprint density at radius 1 is 1.32 bits per heavy atom. The van der Waals surface area contributed by atoms with Crippen molar-refractivity contribution in [3.05, 3.63) is 0 Å². The first kappa shape index (κ1) is 16.9. The lowest BCUT2D eigenvalue weighted by Crippen LogP contribution is -2.62. The van der Waals surface area contributed by atoms with Crippen molar-refractivity contribution >= 4 is 0 Å². The maximum Gasteiger partial charge on any atom is 0.0590 e. The molecule has 2 N–H and O–H groups in total. The van der Waals surface area contributed by atoms with E-state index in [-0.39, 0.29) is 5.54 Å². The van der Waals surface area contributed by atoms with Crippen LogP contribution in [0.5, 0.6) is 0 Å². The van der Waals surface area contributed by atoms with Gasteiger partial charge in [-0.25, -0.2) is 0 Å². The fraction of sp³-hybridized carbons (Fsp3) is 1.00. The van der Waals surface area contributed by atoms with Crippen LogP contribution in [0.2, 0.25) is 0 Å². The molecule has 0 bridgehead atoms. The highest BCUT2D eigenvalue weighted by molar-refractivity contribution is 5.00. The second kappa shape index (κ2) is 8.23. The minimum atomic E-state index is 0.202. The van der Waals surface area contributed by atoms with E-state index in [1.54, 1.807) is 7.11 Å². The van der Waals surface area contributed by atoms with Gasteiger partial charge in [0.05, 0.1) is 6.61 Å². The molecular weight excluding hydrogens is 236 g/mol. The van der Waals surface area contributed by atoms with Gasteiger partial charge >= 0.3 is 0 Å². The molecule has 1 aliphatic carbocycles. The number of hydrogen-bond donors (Lipinski definition) is 1. The van der Waals surface area contributed by atoms with Crippen LogP contribution in [-0.4, -0.2) is 43.3 Å². The zero-order valence-corrected chi connectivity index (χ0v) is 13.5. The van der Waals surface area contributed by atoms with Gasteiger partial charge in [0.15, 0.2) is 0 Å². The van der Waals surface area contributed by atoms with Gasteiger partial charge in [0.25, 0.3) is 0 Å². The van der Waals surface area contributed by atoms with Gasteiger partial charge in [-0.05, 0) is 31.6 Å². The van der Waals surface area contributed by atoms with Crippen LogP contribution in [0.25, 0.3) is 0 Å². The topological polar surface area (TPSA) is 38.5 Å². The van der Waals surface area contributed by atoms with E-state index in [1.807, 2.05) is 0 Å². The Morgan fingerprint density at radius 2 is 2.00 bits per heavy atom. The molecule has 0 aromatic heterocycles. The highest BCUT2D eigenvalue weighted by Gasteiger charge is 2.43. The van der Waals surface area contributed by atoms with Crippen LogP contribution in [0.4, 0.5) is 0 Å². The van der Waals surface area contributed by atoms with Crippen LogP contribution in [0.3, 0.4) is 0 Å². The van der Waals surface area contributed by atoms with E-state index < -0.39 is 0 Å². The molecule has 3 nitrogen and oxygen atoms in total. The van der Waals surface area contributed by atoms with E-state index in [0.717, 1.165) is 19.7 Å². The molecule has 0 aromatic rings. The van der Waals surface area contributed by atoms with Gasteiger partial charge in [-0.15, -0.1) is 0 Å². The average Bonchev–Trinajstić information content (AvgIpc) is 2.45. The van der Waals surface area contributed by atoms with E-state index in [2.05, 4.69) is 25.7 Å². The smallest absolute Gasteiger partial charge is 0.0590 e. The highest BCUT2D eigenvalue weighted by Crippen LogP contribution is 2.39. The molecule has 0 amide bonds. The predicted octanol–water partition coefficient (Wildman–Crippen LogP) is 3.03. The fourth-order valence-electron chi connectivity index (χ4n) is 3.93. The summed E-state index contributed by atoms with van der Waals surface area (Å²) in [6.07, 6.45) is 7.67. The molecule has 0 aromatic carbocycles. The number of hydrogen-bond acceptors (Lipinski definition) is 3. The Bertz CT molecular complexity index is 243. The van der Waals surface area contributed by atoms with E-state index in [1.165, 1.54) is 38.5 Å². The quantitative estimate of drug-likeness (QED) is 0.737. The molecule has 0 saturated heterocycles. The number of methoxy groups -OCH3 is 1. The Morgan fingerprint density at radius 3 is 2.47 bits per heavy atom. The van der Waals surface area contributed by atoms with Crippen LogP contribution in [0, 0.1) is 5.92 Å². The molecule has 2 atom stereocenters. The minimum Gasteiger partial charge on any atom is -0.383 e. The second-order valence-electron chi connectivity index (χ2n) is 6.11. The Labute approximate surface area is 119 Å². The number of nitrogens with two attached hydrogens (primary N) is 1. The Balaban J connectivity index is 2.95. The average molecular weight is 270 g/mol. The molecule has 19 heavy (non-hydrogen) atoms. The zero-order valence-electron chi connectivity index (χ0n) is 13.5. The molecule has 1 aliphatic rings. The van der Waals surface area contributed by atoms with Crippen molar-refractivity contribution in [3.63, 3.8) is 0 Å². The lowest BCUT2D eigenvalue weighted by atomic mass is 9.71. The molecule has 1 rings (SSSR count). The van der Waals surface area contributed by atoms with Crippen molar-refractivity contribution in [1.29, 1.82) is 0 Å². The van der Waals surface area contributed by atoms with Crippen molar-refractivity contribution in [2.45, 2.75) is 70.9 Å². The molecule has 0 aliphatic heterocycles. The third-order valence-corrected chi connectivity index (χ3v) is 5.26. The summed E-state index contributed by atoms with van der Waals surface area (Å²) in [6.45, 7) is 9.61. The van der Waals surface area contributed by atoms with Crippen molar-refractivity contribution in [2.75, 3.05) is 26.8 Å². The van der Waals surface area contributed by atoms with E-state index in [0.29, 0.717) is 12.0 Å². The lowest BCUT2D eigenvalue weighted by molar-refractivity contribution is -0.0339. The molecule has 114 valence electrons. The summed E-state index contributed by atoms with van der Waals surface area (Å²) < 4.78 is 5.34. The maximum absolute atomic E-state index is 6.27. The van der Waals surface area contributed by atoms with Crippen molar-refractivity contribution < 1.29 is 4.74 Å². The first-order valence-electron chi connectivity index (χ1n) is 8.12. The normalized spacial score (nSPS) is 28.3. The molecule has 0 heterocycles. The van der Waals surface area contributed by atoms with Crippen LogP contribution < -0.4 is 5.73 Å². The van der Waals surface area contributed by atoms with Gasteiger partial charge in [-0.3, -0.25) is 4.90 Å². The first-order valence-corrected chi connectivity index (χ1v) is 8.12.